The summed E-state index contributed by atoms with van der Waals surface area (Å²) in [7, 11) is 4.03. The second-order valence-electron chi connectivity index (χ2n) is 5.79. The van der Waals surface area contributed by atoms with E-state index >= 15 is 0 Å². The van der Waals surface area contributed by atoms with Gasteiger partial charge in [-0.15, -0.1) is 0 Å². The molecule has 6 heteroatoms. The number of hydrazone groups is 1. The van der Waals surface area contributed by atoms with E-state index in [2.05, 4.69) is 20.7 Å². The minimum absolute atomic E-state index is 0.179. The summed E-state index contributed by atoms with van der Waals surface area (Å²) in [6, 6.07) is 5.88. The van der Waals surface area contributed by atoms with Crippen molar-refractivity contribution in [3.05, 3.63) is 41.1 Å². The highest BCUT2D eigenvalue weighted by Gasteiger charge is 2.24. The second-order valence-corrected chi connectivity index (χ2v) is 5.79. The molecule has 2 aliphatic rings. The number of allylic oxidation sites excluding steroid dienone is 1. The predicted octanol–water partition coefficient (Wildman–Crippen LogP) is 1.83. The third-order valence-electron chi connectivity index (χ3n) is 3.71. The van der Waals surface area contributed by atoms with Crippen molar-refractivity contribution in [1.82, 2.24) is 10.3 Å². The van der Waals surface area contributed by atoms with Crippen LogP contribution in [0.4, 0.5) is 5.69 Å². The van der Waals surface area contributed by atoms with Crippen molar-refractivity contribution in [3.63, 3.8) is 0 Å². The van der Waals surface area contributed by atoms with Crippen LogP contribution in [0.25, 0.3) is 6.08 Å². The molecule has 0 fully saturated rings. The molecule has 0 bridgehead atoms. The zero-order valence-electron chi connectivity index (χ0n) is 13.5. The van der Waals surface area contributed by atoms with Crippen molar-refractivity contribution in [3.8, 4) is 5.75 Å². The Morgan fingerprint density at radius 2 is 2.09 bits per heavy atom. The average Bonchev–Trinajstić information content (AvgIpc) is 2.85. The van der Waals surface area contributed by atoms with Crippen LogP contribution in [0.3, 0.4) is 0 Å². The summed E-state index contributed by atoms with van der Waals surface area (Å²) < 4.78 is 5.75. The molecule has 1 aromatic rings. The van der Waals surface area contributed by atoms with E-state index < -0.39 is 0 Å². The van der Waals surface area contributed by atoms with E-state index in [-0.39, 0.29) is 5.91 Å². The van der Waals surface area contributed by atoms with Crippen molar-refractivity contribution < 1.29 is 9.53 Å². The smallest absolute Gasteiger partial charge is 0.275 e. The Hall–Kier alpha value is -2.60. The molecule has 0 radical (unpaired) electrons. The molecule has 2 N–H and O–H groups in total. The molecule has 0 saturated heterocycles. The summed E-state index contributed by atoms with van der Waals surface area (Å²) in [5.41, 5.74) is 6.48. The Kier molecular flexibility index (Phi) is 4.16. The zero-order chi connectivity index (χ0) is 16.4. The summed E-state index contributed by atoms with van der Waals surface area (Å²) in [5.74, 6) is 0.659. The topological polar surface area (TPSA) is 66.0 Å². The number of carbonyl (C=O) groups excluding carboxylic acids is 1. The van der Waals surface area contributed by atoms with Gasteiger partial charge in [-0.25, -0.2) is 5.43 Å². The molecule has 23 heavy (non-hydrogen) atoms. The third kappa shape index (κ3) is 3.27. The van der Waals surface area contributed by atoms with Gasteiger partial charge in [-0.1, -0.05) is 6.08 Å². The van der Waals surface area contributed by atoms with Gasteiger partial charge < -0.3 is 15.0 Å². The van der Waals surface area contributed by atoms with Crippen LogP contribution in [0.2, 0.25) is 0 Å². The predicted molar refractivity (Wildman–Crippen MR) is 91.4 cm³/mol. The highest BCUT2D eigenvalue weighted by molar-refractivity contribution is 6.25. The molecule has 1 aromatic carbocycles. The molecule has 0 saturated carbocycles. The van der Waals surface area contributed by atoms with E-state index in [1.807, 2.05) is 51.4 Å². The number of anilines is 1. The number of fused-ring (bicyclic) bond motifs is 1. The van der Waals surface area contributed by atoms with E-state index in [4.69, 9.17) is 4.74 Å². The van der Waals surface area contributed by atoms with Gasteiger partial charge in [0, 0.05) is 17.8 Å². The first-order valence-corrected chi connectivity index (χ1v) is 7.50. The molecule has 0 atom stereocenters. The normalized spacial score (nSPS) is 19.3. The molecule has 0 aliphatic carbocycles. The second kappa shape index (κ2) is 6.26. The lowest BCUT2D eigenvalue weighted by atomic mass is 10.0. The van der Waals surface area contributed by atoms with Crippen LogP contribution in [-0.4, -0.2) is 43.8 Å². The Bertz CT molecular complexity index is 732. The van der Waals surface area contributed by atoms with Gasteiger partial charge in [-0.05, 0) is 45.3 Å². The van der Waals surface area contributed by atoms with E-state index in [9.17, 15) is 4.79 Å². The van der Waals surface area contributed by atoms with Crippen LogP contribution < -0.4 is 15.5 Å². The number of hydrogen-bond donors (Lipinski definition) is 2. The van der Waals surface area contributed by atoms with Crippen molar-refractivity contribution in [1.29, 1.82) is 0 Å². The van der Waals surface area contributed by atoms with E-state index in [1.165, 1.54) is 0 Å². The van der Waals surface area contributed by atoms with E-state index in [0.29, 0.717) is 17.9 Å². The number of benzene rings is 1. The molecule has 0 aromatic heterocycles. The van der Waals surface area contributed by atoms with Crippen LogP contribution in [0.1, 0.15) is 12.5 Å². The number of hydrogen-bond acceptors (Lipinski definition) is 5. The maximum Gasteiger partial charge on any atom is 0.275 e. The molecular formula is C17H20N4O2. The number of rotatable bonds is 4. The maximum atomic E-state index is 11.8. The summed E-state index contributed by atoms with van der Waals surface area (Å²) in [6.45, 7) is 3.33. The van der Waals surface area contributed by atoms with Gasteiger partial charge in [-0.2, -0.15) is 5.10 Å². The van der Waals surface area contributed by atoms with Crippen LogP contribution in [0.15, 0.2) is 40.6 Å². The molecule has 2 heterocycles. The minimum Gasteiger partial charge on any atom is -0.492 e. The number of nitrogens with zero attached hydrogens (tertiary/aromatic N) is 2. The van der Waals surface area contributed by atoms with Gasteiger partial charge in [-0.3, -0.25) is 4.79 Å². The van der Waals surface area contributed by atoms with Gasteiger partial charge in [0.1, 0.15) is 12.4 Å². The Balaban J connectivity index is 1.78. The summed E-state index contributed by atoms with van der Waals surface area (Å²) in [4.78, 5) is 13.9. The summed E-state index contributed by atoms with van der Waals surface area (Å²) in [5, 5.41) is 7.24. The lowest BCUT2D eigenvalue weighted by molar-refractivity contribution is -0.116. The van der Waals surface area contributed by atoms with Crippen molar-refractivity contribution in [2.75, 3.05) is 32.6 Å². The van der Waals surface area contributed by atoms with E-state index in [0.717, 1.165) is 29.2 Å². The lowest BCUT2D eigenvalue weighted by Gasteiger charge is -2.18. The van der Waals surface area contributed by atoms with Gasteiger partial charge in [0.2, 0.25) is 0 Å². The monoisotopic (exact) mass is 312 g/mol. The SMILES string of the molecule is CC1=NNC(=O)C1=C1C=Cc2cc(OCCN(C)C)ccc2N1. The molecule has 6 nitrogen and oxygen atoms in total. The quantitative estimate of drug-likeness (QED) is 0.833. The molecule has 3 rings (SSSR count). The number of nitrogens with one attached hydrogen (secondary N) is 2. The van der Waals surface area contributed by atoms with Crippen molar-refractivity contribution in [2.45, 2.75) is 6.92 Å². The number of amides is 1. The minimum atomic E-state index is -0.179. The molecule has 1 amide bonds. The first-order valence-electron chi connectivity index (χ1n) is 7.50. The standard InChI is InChI=1S/C17H20N4O2/c1-11-16(17(22)20-19-11)15-6-4-12-10-13(5-7-14(12)18-15)23-9-8-21(2)3/h4-7,10,18H,8-9H2,1-3H3,(H,20,22). The first kappa shape index (κ1) is 15.3. The summed E-state index contributed by atoms with van der Waals surface area (Å²) in [6.07, 6.45) is 3.87. The van der Waals surface area contributed by atoms with Crippen LogP contribution in [-0.2, 0) is 4.79 Å². The number of ether oxygens (including phenoxy) is 1. The molecular weight excluding hydrogens is 292 g/mol. The van der Waals surface area contributed by atoms with E-state index in [1.54, 1.807) is 0 Å². The Morgan fingerprint density at radius 3 is 2.78 bits per heavy atom. The number of carbonyl (C=O) groups is 1. The molecule has 120 valence electrons. The highest BCUT2D eigenvalue weighted by Crippen LogP contribution is 2.30. The molecule has 0 spiro atoms. The Labute approximate surface area is 135 Å². The Morgan fingerprint density at radius 1 is 1.26 bits per heavy atom. The van der Waals surface area contributed by atoms with Gasteiger partial charge >= 0.3 is 0 Å². The van der Waals surface area contributed by atoms with Crippen LogP contribution in [0.5, 0.6) is 5.75 Å². The molecule has 0 unspecified atom stereocenters. The largest absolute Gasteiger partial charge is 0.492 e. The van der Waals surface area contributed by atoms with Crippen molar-refractivity contribution >= 4 is 23.4 Å². The first-order chi connectivity index (χ1) is 11.0. The van der Waals surface area contributed by atoms with Gasteiger partial charge in [0.15, 0.2) is 0 Å². The molecule has 2 aliphatic heterocycles. The van der Waals surface area contributed by atoms with Crippen molar-refractivity contribution in [2.24, 2.45) is 5.10 Å². The van der Waals surface area contributed by atoms with Crippen LogP contribution in [0, 0.1) is 0 Å². The van der Waals surface area contributed by atoms with Gasteiger partial charge in [0.25, 0.3) is 5.91 Å². The summed E-state index contributed by atoms with van der Waals surface area (Å²) >= 11 is 0. The fraction of sp³-hybridized carbons (Fsp3) is 0.294. The van der Waals surface area contributed by atoms with Gasteiger partial charge in [0.05, 0.1) is 17.0 Å². The third-order valence-corrected chi connectivity index (χ3v) is 3.71. The maximum absolute atomic E-state index is 11.8. The van der Waals surface area contributed by atoms with Crippen LogP contribution >= 0.6 is 0 Å². The lowest BCUT2D eigenvalue weighted by Crippen LogP contribution is -2.19. The zero-order valence-corrected chi connectivity index (χ0v) is 13.5. The average molecular weight is 312 g/mol. The highest BCUT2D eigenvalue weighted by atomic mass is 16.5. The fourth-order valence-electron chi connectivity index (χ4n) is 2.46. The fourth-order valence-corrected chi connectivity index (χ4v) is 2.46. The number of likely N-dealkylation sites (N-methyl/N-ethyl adjacent to an activating group) is 1.